The molecule has 1 aliphatic carbocycles. The molecule has 0 unspecified atom stereocenters. The van der Waals surface area contributed by atoms with Gasteiger partial charge in [0, 0.05) is 11.5 Å². The van der Waals surface area contributed by atoms with Crippen LogP contribution in [0.4, 0.5) is 0 Å². The molecular formula is C24H26O5. The number of hydrogen-bond donors (Lipinski definition) is 0. The maximum atomic E-state index is 13.1. The number of benzene rings is 2. The zero-order chi connectivity index (χ0) is 21.0. The molecule has 0 spiro atoms. The van der Waals surface area contributed by atoms with Crippen LogP contribution in [-0.4, -0.2) is 32.6 Å². The topological polar surface area (TPSA) is 61.8 Å². The molecule has 0 bridgehead atoms. The fourth-order valence-corrected chi connectivity index (χ4v) is 3.85. The van der Waals surface area contributed by atoms with E-state index in [9.17, 15) is 9.59 Å². The third-order valence-electron chi connectivity index (χ3n) is 5.23. The smallest absolute Gasteiger partial charge is 0.317 e. The predicted molar refractivity (Wildman–Crippen MR) is 111 cm³/mol. The van der Waals surface area contributed by atoms with Crippen LogP contribution in [0.15, 0.2) is 48.5 Å². The molecular weight excluding hydrogens is 368 g/mol. The first kappa shape index (κ1) is 20.6. The minimum atomic E-state index is -0.912. The number of methoxy groups -OCH3 is 2. The van der Waals surface area contributed by atoms with Crippen molar-refractivity contribution in [2.75, 3.05) is 20.8 Å². The first-order valence-electron chi connectivity index (χ1n) is 9.68. The van der Waals surface area contributed by atoms with Crippen molar-refractivity contribution in [1.29, 1.82) is 0 Å². The van der Waals surface area contributed by atoms with Crippen LogP contribution in [-0.2, 0) is 14.3 Å². The lowest BCUT2D eigenvalue weighted by molar-refractivity contribution is -0.151. The van der Waals surface area contributed by atoms with E-state index >= 15 is 0 Å². The largest absolute Gasteiger partial charge is 0.497 e. The molecule has 3 rings (SSSR count). The lowest BCUT2D eigenvalue weighted by Gasteiger charge is -2.30. The van der Waals surface area contributed by atoms with Crippen LogP contribution < -0.4 is 9.47 Å². The Balaban J connectivity index is 2.12. The van der Waals surface area contributed by atoms with E-state index in [-0.39, 0.29) is 12.4 Å². The molecule has 0 N–H and O–H groups in total. The van der Waals surface area contributed by atoms with Crippen molar-refractivity contribution >= 4 is 17.3 Å². The molecule has 0 aliphatic heterocycles. The zero-order valence-corrected chi connectivity index (χ0v) is 17.2. The van der Waals surface area contributed by atoms with Crippen LogP contribution in [0.3, 0.4) is 0 Å². The Labute approximate surface area is 171 Å². The van der Waals surface area contributed by atoms with Crippen LogP contribution in [0, 0.1) is 12.8 Å². The average molecular weight is 394 g/mol. The van der Waals surface area contributed by atoms with Gasteiger partial charge in [-0.1, -0.05) is 29.8 Å². The Morgan fingerprint density at radius 1 is 1.10 bits per heavy atom. The average Bonchev–Trinajstić information content (AvgIpc) is 2.72. The summed E-state index contributed by atoms with van der Waals surface area (Å²) in [6.07, 6.45) is 2.10. The van der Waals surface area contributed by atoms with E-state index in [1.165, 1.54) is 0 Å². The highest BCUT2D eigenvalue weighted by atomic mass is 16.5. The summed E-state index contributed by atoms with van der Waals surface area (Å²) in [6.45, 7) is 3.97. The number of allylic oxidation sites excluding steroid dienone is 2. The van der Waals surface area contributed by atoms with Crippen LogP contribution in [0.25, 0.3) is 5.57 Å². The molecule has 0 radical (unpaired) electrons. The molecule has 0 saturated carbocycles. The summed E-state index contributed by atoms with van der Waals surface area (Å²) in [5.74, 6) is -0.824. The van der Waals surface area contributed by atoms with Crippen molar-refractivity contribution in [3.8, 4) is 11.5 Å². The second kappa shape index (κ2) is 8.95. The number of aryl methyl sites for hydroxylation is 1. The number of rotatable bonds is 6. The Morgan fingerprint density at radius 3 is 2.55 bits per heavy atom. The Kier molecular flexibility index (Phi) is 6.37. The second-order valence-corrected chi connectivity index (χ2v) is 7.09. The van der Waals surface area contributed by atoms with Crippen molar-refractivity contribution in [2.24, 2.45) is 5.92 Å². The number of carbonyl (C=O) groups is 2. The fourth-order valence-electron chi connectivity index (χ4n) is 3.85. The van der Waals surface area contributed by atoms with Crippen LogP contribution in [0.2, 0.25) is 0 Å². The van der Waals surface area contributed by atoms with Crippen molar-refractivity contribution in [3.05, 3.63) is 65.2 Å². The summed E-state index contributed by atoms with van der Waals surface area (Å²) in [5.41, 5.74) is 3.75. The van der Waals surface area contributed by atoms with E-state index in [0.29, 0.717) is 17.9 Å². The summed E-state index contributed by atoms with van der Waals surface area (Å²) in [5, 5.41) is 0. The number of esters is 1. The van der Waals surface area contributed by atoms with Gasteiger partial charge >= 0.3 is 5.97 Å². The molecule has 0 amide bonds. The van der Waals surface area contributed by atoms with Gasteiger partial charge in [0.25, 0.3) is 0 Å². The van der Waals surface area contributed by atoms with Gasteiger partial charge in [0.2, 0.25) is 0 Å². The molecule has 5 nitrogen and oxygen atoms in total. The van der Waals surface area contributed by atoms with E-state index in [0.717, 1.165) is 22.3 Å². The Bertz CT molecular complexity index is 944. The van der Waals surface area contributed by atoms with Crippen molar-refractivity contribution in [3.63, 3.8) is 0 Å². The second-order valence-electron chi connectivity index (χ2n) is 7.09. The standard InChI is InChI=1S/C24H26O5/c1-5-29-24(26)23-20(19-14-18(27-3)9-10-22(19)28-4)12-17(13-21(23)25)16-8-6-7-15(2)11-16/h6-11,13-14,20,23H,5,12H2,1-4H3/t20-,23+/m1/s1. The van der Waals surface area contributed by atoms with E-state index in [1.807, 2.05) is 37.3 Å². The third-order valence-corrected chi connectivity index (χ3v) is 5.23. The van der Waals surface area contributed by atoms with Gasteiger partial charge in [-0.3, -0.25) is 9.59 Å². The van der Waals surface area contributed by atoms with Crippen LogP contribution in [0.5, 0.6) is 11.5 Å². The Hall–Kier alpha value is -3.08. The van der Waals surface area contributed by atoms with Gasteiger partial charge in [0.1, 0.15) is 17.4 Å². The summed E-state index contributed by atoms with van der Waals surface area (Å²) >= 11 is 0. The normalized spacial score (nSPS) is 18.8. The molecule has 0 aromatic heterocycles. The summed E-state index contributed by atoms with van der Waals surface area (Å²) < 4.78 is 16.1. The highest BCUT2D eigenvalue weighted by Crippen LogP contribution is 2.44. The lowest BCUT2D eigenvalue weighted by atomic mass is 9.73. The number of hydrogen-bond acceptors (Lipinski definition) is 5. The highest BCUT2D eigenvalue weighted by molar-refractivity contribution is 6.10. The fraction of sp³-hybridized carbons (Fsp3) is 0.333. The van der Waals surface area contributed by atoms with Gasteiger partial charge in [0.15, 0.2) is 5.78 Å². The predicted octanol–water partition coefficient (Wildman–Crippen LogP) is 4.33. The molecule has 5 heteroatoms. The number of ether oxygens (including phenoxy) is 3. The maximum Gasteiger partial charge on any atom is 0.317 e. The first-order chi connectivity index (χ1) is 14.0. The molecule has 2 aromatic rings. The van der Waals surface area contributed by atoms with Gasteiger partial charge in [-0.2, -0.15) is 0 Å². The van der Waals surface area contributed by atoms with Gasteiger partial charge in [-0.15, -0.1) is 0 Å². The molecule has 2 aromatic carbocycles. The number of ketones is 1. The van der Waals surface area contributed by atoms with Gasteiger partial charge < -0.3 is 14.2 Å². The van der Waals surface area contributed by atoms with Crippen LogP contribution in [0.1, 0.15) is 36.0 Å². The minimum Gasteiger partial charge on any atom is -0.497 e. The Morgan fingerprint density at radius 2 is 1.90 bits per heavy atom. The molecule has 152 valence electrons. The van der Waals surface area contributed by atoms with Gasteiger partial charge in [0.05, 0.1) is 20.8 Å². The van der Waals surface area contributed by atoms with E-state index < -0.39 is 17.8 Å². The maximum absolute atomic E-state index is 13.1. The van der Waals surface area contributed by atoms with Crippen LogP contribution >= 0.6 is 0 Å². The van der Waals surface area contributed by atoms with Gasteiger partial charge in [-0.25, -0.2) is 0 Å². The van der Waals surface area contributed by atoms with E-state index in [1.54, 1.807) is 39.4 Å². The molecule has 2 atom stereocenters. The monoisotopic (exact) mass is 394 g/mol. The van der Waals surface area contributed by atoms with E-state index in [4.69, 9.17) is 14.2 Å². The summed E-state index contributed by atoms with van der Waals surface area (Å²) in [7, 11) is 3.16. The summed E-state index contributed by atoms with van der Waals surface area (Å²) in [4.78, 5) is 25.8. The third kappa shape index (κ3) is 4.34. The first-order valence-corrected chi connectivity index (χ1v) is 9.68. The SMILES string of the molecule is CCOC(=O)[C@@H]1C(=O)C=C(c2cccc(C)c2)C[C@@H]1c1cc(OC)ccc1OC. The quantitative estimate of drug-likeness (QED) is 0.539. The minimum absolute atomic E-state index is 0.221. The van der Waals surface area contributed by atoms with Crippen molar-refractivity contribution < 1.29 is 23.8 Å². The zero-order valence-electron chi connectivity index (χ0n) is 17.2. The number of carbonyl (C=O) groups excluding carboxylic acids is 2. The van der Waals surface area contributed by atoms with Gasteiger partial charge in [-0.05, 0) is 55.7 Å². The van der Waals surface area contributed by atoms with E-state index in [2.05, 4.69) is 0 Å². The molecule has 0 saturated heterocycles. The summed E-state index contributed by atoms with van der Waals surface area (Å²) in [6, 6.07) is 13.4. The molecule has 0 fully saturated rings. The molecule has 0 heterocycles. The van der Waals surface area contributed by atoms with Crippen molar-refractivity contribution in [2.45, 2.75) is 26.2 Å². The van der Waals surface area contributed by atoms with Crippen molar-refractivity contribution in [1.82, 2.24) is 0 Å². The molecule has 1 aliphatic rings. The lowest BCUT2D eigenvalue weighted by Crippen LogP contribution is -2.34. The molecule has 29 heavy (non-hydrogen) atoms. The highest BCUT2D eigenvalue weighted by Gasteiger charge is 2.41.